The lowest BCUT2D eigenvalue weighted by Crippen LogP contribution is -1.95. The average Bonchev–Trinajstić information content (AvgIpc) is 2.36. The van der Waals surface area contributed by atoms with Crippen LogP contribution in [0.4, 0.5) is 4.39 Å². The van der Waals surface area contributed by atoms with E-state index in [4.69, 9.17) is 16.3 Å². The van der Waals surface area contributed by atoms with E-state index in [9.17, 15) is 9.50 Å². The Morgan fingerprint density at radius 3 is 2.58 bits per heavy atom. The van der Waals surface area contributed by atoms with Gasteiger partial charge >= 0.3 is 0 Å². The van der Waals surface area contributed by atoms with Crippen LogP contribution in [0.15, 0.2) is 40.9 Å². The molecule has 19 heavy (non-hydrogen) atoms. The van der Waals surface area contributed by atoms with Gasteiger partial charge in [-0.3, -0.25) is 0 Å². The molecule has 2 aromatic rings. The van der Waals surface area contributed by atoms with E-state index in [1.54, 1.807) is 31.2 Å². The zero-order chi connectivity index (χ0) is 14.0. The molecular formula is C14H11BrClFO2. The molecule has 0 spiro atoms. The maximum Gasteiger partial charge on any atom is 0.166 e. The van der Waals surface area contributed by atoms with Crippen molar-refractivity contribution in [3.8, 4) is 11.5 Å². The van der Waals surface area contributed by atoms with Crippen LogP contribution in [0.5, 0.6) is 11.5 Å². The van der Waals surface area contributed by atoms with Crippen molar-refractivity contribution in [3.05, 3.63) is 57.3 Å². The molecule has 0 saturated carbocycles. The highest BCUT2D eigenvalue weighted by Crippen LogP contribution is 2.33. The molecule has 0 heterocycles. The topological polar surface area (TPSA) is 29.5 Å². The quantitative estimate of drug-likeness (QED) is 0.840. The van der Waals surface area contributed by atoms with E-state index in [0.29, 0.717) is 16.3 Å². The highest BCUT2D eigenvalue weighted by Gasteiger charge is 2.11. The van der Waals surface area contributed by atoms with Crippen LogP contribution in [-0.4, -0.2) is 5.11 Å². The number of hydrogen-bond donors (Lipinski definition) is 1. The number of halogens is 3. The summed E-state index contributed by atoms with van der Waals surface area (Å²) in [7, 11) is 0. The Balaban J connectivity index is 2.31. The van der Waals surface area contributed by atoms with Crippen molar-refractivity contribution in [2.24, 2.45) is 0 Å². The van der Waals surface area contributed by atoms with Gasteiger partial charge in [-0.25, -0.2) is 4.39 Å². The molecule has 0 aliphatic carbocycles. The summed E-state index contributed by atoms with van der Waals surface area (Å²) in [5.74, 6) is -0.126. The van der Waals surface area contributed by atoms with Crippen molar-refractivity contribution in [3.63, 3.8) is 0 Å². The lowest BCUT2D eigenvalue weighted by molar-refractivity contribution is 0.198. The van der Waals surface area contributed by atoms with Crippen molar-refractivity contribution >= 4 is 27.5 Å². The van der Waals surface area contributed by atoms with Crippen molar-refractivity contribution in [1.29, 1.82) is 0 Å². The minimum atomic E-state index is -0.724. The first-order chi connectivity index (χ1) is 8.97. The molecule has 1 N–H and O–H groups in total. The van der Waals surface area contributed by atoms with Gasteiger partial charge in [-0.1, -0.05) is 33.6 Å². The maximum absolute atomic E-state index is 13.8. The van der Waals surface area contributed by atoms with Crippen LogP contribution in [0.2, 0.25) is 5.02 Å². The molecule has 100 valence electrons. The summed E-state index contributed by atoms with van der Waals surface area (Å²) in [5, 5.41) is 9.77. The van der Waals surface area contributed by atoms with Crippen LogP contribution in [-0.2, 0) is 0 Å². The first kappa shape index (κ1) is 14.3. The van der Waals surface area contributed by atoms with Gasteiger partial charge in [0.1, 0.15) is 5.75 Å². The molecule has 0 unspecified atom stereocenters. The lowest BCUT2D eigenvalue weighted by Gasteiger charge is -2.11. The van der Waals surface area contributed by atoms with E-state index in [0.717, 1.165) is 4.47 Å². The third-order valence-corrected chi connectivity index (χ3v) is 3.36. The Labute approximate surface area is 123 Å². The SMILES string of the molecule is C[C@@H](O)c1ccc(Oc2cc(Br)ccc2Cl)c(F)c1. The van der Waals surface area contributed by atoms with E-state index in [1.165, 1.54) is 12.1 Å². The summed E-state index contributed by atoms with van der Waals surface area (Å²) >= 11 is 9.27. The van der Waals surface area contributed by atoms with Crippen molar-refractivity contribution in [2.45, 2.75) is 13.0 Å². The minimum absolute atomic E-state index is 0.0596. The molecule has 0 aliphatic heterocycles. The van der Waals surface area contributed by atoms with E-state index in [2.05, 4.69) is 15.9 Å². The van der Waals surface area contributed by atoms with Crippen LogP contribution in [0.1, 0.15) is 18.6 Å². The molecule has 2 aromatic carbocycles. The summed E-state index contributed by atoms with van der Waals surface area (Å²) < 4.78 is 20.1. The Bertz CT molecular complexity index is 602. The number of hydrogen-bond acceptors (Lipinski definition) is 2. The van der Waals surface area contributed by atoms with Gasteiger partial charge in [-0.2, -0.15) is 0 Å². The van der Waals surface area contributed by atoms with Crippen LogP contribution >= 0.6 is 27.5 Å². The van der Waals surface area contributed by atoms with Gasteiger partial charge < -0.3 is 9.84 Å². The van der Waals surface area contributed by atoms with Crippen LogP contribution in [0.25, 0.3) is 0 Å². The van der Waals surface area contributed by atoms with Gasteiger partial charge in [0.15, 0.2) is 11.6 Å². The average molecular weight is 346 g/mol. The van der Waals surface area contributed by atoms with Crippen molar-refractivity contribution in [1.82, 2.24) is 0 Å². The molecule has 2 rings (SSSR count). The highest BCUT2D eigenvalue weighted by molar-refractivity contribution is 9.10. The lowest BCUT2D eigenvalue weighted by atomic mass is 10.1. The molecule has 0 radical (unpaired) electrons. The maximum atomic E-state index is 13.8. The van der Waals surface area contributed by atoms with Gasteiger partial charge in [-0.15, -0.1) is 0 Å². The Hall–Kier alpha value is -1.10. The Morgan fingerprint density at radius 2 is 1.95 bits per heavy atom. The Kier molecular flexibility index (Phi) is 4.45. The van der Waals surface area contributed by atoms with Crippen LogP contribution < -0.4 is 4.74 Å². The zero-order valence-corrected chi connectivity index (χ0v) is 12.4. The van der Waals surface area contributed by atoms with Gasteiger partial charge in [0.05, 0.1) is 11.1 Å². The van der Waals surface area contributed by atoms with Crippen molar-refractivity contribution in [2.75, 3.05) is 0 Å². The minimum Gasteiger partial charge on any atom is -0.453 e. The van der Waals surface area contributed by atoms with Gasteiger partial charge in [0, 0.05) is 4.47 Å². The third-order valence-electron chi connectivity index (χ3n) is 2.55. The smallest absolute Gasteiger partial charge is 0.166 e. The summed E-state index contributed by atoms with van der Waals surface area (Å²) in [6, 6.07) is 9.39. The molecule has 0 aromatic heterocycles. The van der Waals surface area contributed by atoms with Crippen LogP contribution in [0.3, 0.4) is 0 Å². The number of ether oxygens (including phenoxy) is 1. The van der Waals surface area contributed by atoms with Gasteiger partial charge in [-0.05, 0) is 42.8 Å². The van der Waals surface area contributed by atoms with Crippen LogP contribution in [0, 0.1) is 5.82 Å². The fourth-order valence-corrected chi connectivity index (χ4v) is 2.03. The third kappa shape index (κ3) is 3.47. The molecular weight excluding hydrogens is 335 g/mol. The molecule has 0 amide bonds. The second-order valence-corrected chi connectivity index (χ2v) is 5.37. The number of aliphatic hydroxyl groups is 1. The molecule has 0 saturated heterocycles. The fraction of sp³-hybridized carbons (Fsp3) is 0.143. The fourth-order valence-electron chi connectivity index (χ4n) is 1.53. The molecule has 5 heteroatoms. The van der Waals surface area contributed by atoms with E-state index >= 15 is 0 Å². The summed E-state index contributed by atoms with van der Waals surface area (Å²) in [6.07, 6.45) is -0.724. The first-order valence-electron chi connectivity index (χ1n) is 5.58. The molecule has 2 nitrogen and oxygen atoms in total. The first-order valence-corrected chi connectivity index (χ1v) is 6.75. The number of benzene rings is 2. The second-order valence-electron chi connectivity index (χ2n) is 4.04. The largest absolute Gasteiger partial charge is 0.453 e. The summed E-state index contributed by atoms with van der Waals surface area (Å²) in [5.41, 5.74) is 0.491. The number of aliphatic hydroxyl groups excluding tert-OH is 1. The van der Waals surface area contributed by atoms with Gasteiger partial charge in [0.25, 0.3) is 0 Å². The molecule has 1 atom stereocenters. The van der Waals surface area contributed by atoms with Gasteiger partial charge in [0.2, 0.25) is 0 Å². The predicted octanol–water partition coefficient (Wildman–Crippen LogP) is 5.09. The highest BCUT2D eigenvalue weighted by atomic mass is 79.9. The standard InChI is InChI=1S/C14H11BrClFO2/c1-8(18)9-2-5-13(12(17)6-9)19-14-7-10(15)3-4-11(14)16/h2-8,18H,1H3/t8-/m1/s1. The second kappa shape index (κ2) is 5.90. The Morgan fingerprint density at radius 1 is 1.21 bits per heavy atom. The predicted molar refractivity (Wildman–Crippen MR) is 76.3 cm³/mol. The van der Waals surface area contributed by atoms with Crippen molar-refractivity contribution < 1.29 is 14.2 Å². The zero-order valence-electron chi connectivity index (χ0n) is 10.0. The molecule has 0 bridgehead atoms. The number of rotatable bonds is 3. The van der Waals surface area contributed by atoms with E-state index in [-0.39, 0.29) is 5.75 Å². The molecule has 0 fully saturated rings. The van der Waals surface area contributed by atoms with E-state index in [1.807, 2.05) is 0 Å². The van der Waals surface area contributed by atoms with E-state index < -0.39 is 11.9 Å². The molecule has 0 aliphatic rings. The summed E-state index contributed by atoms with van der Waals surface area (Å²) in [4.78, 5) is 0. The summed E-state index contributed by atoms with van der Waals surface area (Å²) in [6.45, 7) is 1.57. The normalized spacial score (nSPS) is 12.3. The monoisotopic (exact) mass is 344 g/mol.